The molecule has 2 aromatic carbocycles. The highest BCUT2D eigenvalue weighted by atomic mass is 16.5. The second kappa shape index (κ2) is 8.18. The molecule has 0 aliphatic carbocycles. The number of fused-ring (bicyclic) bond motifs is 1. The maximum absolute atomic E-state index is 12.3. The van der Waals surface area contributed by atoms with Crippen LogP contribution < -0.4 is 10.6 Å². The van der Waals surface area contributed by atoms with Crippen molar-refractivity contribution in [3.05, 3.63) is 71.9 Å². The lowest BCUT2D eigenvalue weighted by molar-refractivity contribution is -0.127. The highest BCUT2D eigenvalue weighted by Gasteiger charge is 2.22. The van der Waals surface area contributed by atoms with Crippen LogP contribution in [0.3, 0.4) is 0 Å². The number of urea groups is 1. The van der Waals surface area contributed by atoms with Crippen molar-refractivity contribution in [2.75, 3.05) is 0 Å². The number of ether oxygens (including phenoxy) is 1. The van der Waals surface area contributed by atoms with Gasteiger partial charge in [-0.1, -0.05) is 48.5 Å². The zero-order valence-corrected chi connectivity index (χ0v) is 14.7. The van der Waals surface area contributed by atoms with Crippen molar-refractivity contribution in [2.24, 2.45) is 0 Å². The van der Waals surface area contributed by atoms with Gasteiger partial charge >= 0.3 is 12.0 Å². The van der Waals surface area contributed by atoms with Crippen LogP contribution in [0.5, 0.6) is 0 Å². The summed E-state index contributed by atoms with van der Waals surface area (Å²) in [5.74, 6) is -1.34. The minimum absolute atomic E-state index is 0.281. The number of esters is 1. The number of carbonyl (C=O) groups excluding carboxylic acids is 3. The molecule has 1 heterocycles. The maximum atomic E-state index is 12.3. The van der Waals surface area contributed by atoms with Crippen molar-refractivity contribution < 1.29 is 19.1 Å². The Morgan fingerprint density at radius 3 is 2.52 bits per heavy atom. The van der Waals surface area contributed by atoms with E-state index in [2.05, 4.69) is 15.6 Å². The molecule has 3 rings (SSSR count). The molecule has 0 bridgehead atoms. The van der Waals surface area contributed by atoms with Crippen LogP contribution in [0.1, 0.15) is 22.8 Å². The highest BCUT2D eigenvalue weighted by Crippen LogP contribution is 2.18. The van der Waals surface area contributed by atoms with Crippen LogP contribution in [-0.2, 0) is 16.1 Å². The predicted molar refractivity (Wildman–Crippen MR) is 100.0 cm³/mol. The minimum atomic E-state index is -1.12. The van der Waals surface area contributed by atoms with Crippen molar-refractivity contribution >= 4 is 28.8 Å². The van der Waals surface area contributed by atoms with Crippen LogP contribution in [-0.4, -0.2) is 29.0 Å². The Labute approximate surface area is 155 Å². The van der Waals surface area contributed by atoms with Crippen molar-refractivity contribution in [3.63, 3.8) is 0 Å². The first kappa shape index (κ1) is 18.2. The average molecular weight is 365 g/mol. The first-order chi connectivity index (χ1) is 13.0. The van der Waals surface area contributed by atoms with E-state index in [0.717, 1.165) is 11.1 Å². The average Bonchev–Trinajstić information content (AvgIpc) is 3.11. The van der Waals surface area contributed by atoms with Crippen molar-refractivity contribution in [1.29, 1.82) is 0 Å². The molecule has 0 aliphatic rings. The van der Waals surface area contributed by atoms with Gasteiger partial charge in [0.25, 0.3) is 5.91 Å². The Balaban J connectivity index is 1.52. The van der Waals surface area contributed by atoms with E-state index in [1.54, 1.807) is 12.1 Å². The van der Waals surface area contributed by atoms with E-state index in [9.17, 15) is 14.4 Å². The Morgan fingerprint density at radius 2 is 1.74 bits per heavy atom. The molecule has 3 N–H and O–H groups in total. The van der Waals surface area contributed by atoms with Crippen molar-refractivity contribution in [1.82, 2.24) is 15.6 Å². The van der Waals surface area contributed by atoms with Crippen LogP contribution in [0.15, 0.2) is 60.8 Å². The molecule has 0 unspecified atom stereocenters. The number of para-hydroxylation sites is 1. The zero-order chi connectivity index (χ0) is 19.2. The summed E-state index contributed by atoms with van der Waals surface area (Å²) in [4.78, 5) is 39.2. The molecule has 138 valence electrons. The number of aromatic amines is 1. The standard InChI is InChI=1S/C20H19N3O4/c1-13(18(24)23-20(26)22-11-14-7-3-2-4-8-14)27-19(25)16-12-21-17-10-6-5-9-15(16)17/h2-10,12-13,21H,11H2,1H3,(H2,22,23,24,26)/t13-/m0/s1. The number of benzene rings is 2. The molecule has 3 amide bonds. The van der Waals surface area contributed by atoms with E-state index in [-0.39, 0.29) is 6.54 Å². The normalized spacial score (nSPS) is 11.6. The minimum Gasteiger partial charge on any atom is -0.449 e. The van der Waals surface area contributed by atoms with Gasteiger partial charge in [-0.05, 0) is 18.6 Å². The molecule has 0 aliphatic heterocycles. The smallest absolute Gasteiger partial charge is 0.341 e. The molecular weight excluding hydrogens is 346 g/mol. The number of imide groups is 1. The Kier molecular flexibility index (Phi) is 5.51. The molecule has 0 fully saturated rings. The molecular formula is C20H19N3O4. The maximum Gasteiger partial charge on any atom is 0.341 e. The van der Waals surface area contributed by atoms with Gasteiger partial charge in [-0.2, -0.15) is 0 Å². The monoisotopic (exact) mass is 365 g/mol. The SMILES string of the molecule is C[C@H](OC(=O)c1c[nH]c2ccccc12)C(=O)NC(=O)NCc1ccccc1. The first-order valence-electron chi connectivity index (χ1n) is 8.44. The number of H-pyrrole nitrogens is 1. The van der Waals surface area contributed by atoms with Gasteiger partial charge in [0.1, 0.15) is 0 Å². The third-order valence-corrected chi connectivity index (χ3v) is 3.99. The van der Waals surface area contributed by atoms with E-state index in [4.69, 9.17) is 4.74 Å². The molecule has 1 atom stereocenters. The summed E-state index contributed by atoms with van der Waals surface area (Å²) in [6.45, 7) is 1.69. The van der Waals surface area contributed by atoms with E-state index in [1.807, 2.05) is 42.5 Å². The number of amides is 3. The number of aromatic nitrogens is 1. The molecule has 7 heteroatoms. The molecule has 0 radical (unpaired) electrons. The third-order valence-electron chi connectivity index (χ3n) is 3.99. The van der Waals surface area contributed by atoms with Crippen molar-refractivity contribution in [3.8, 4) is 0 Å². The number of hydrogen-bond acceptors (Lipinski definition) is 4. The zero-order valence-electron chi connectivity index (χ0n) is 14.7. The second-order valence-corrected chi connectivity index (χ2v) is 5.95. The summed E-state index contributed by atoms with van der Waals surface area (Å²) in [7, 11) is 0. The van der Waals surface area contributed by atoms with Crippen LogP contribution in [0.25, 0.3) is 10.9 Å². The van der Waals surface area contributed by atoms with Gasteiger partial charge in [0.2, 0.25) is 0 Å². The van der Waals surface area contributed by atoms with Crippen LogP contribution in [0.2, 0.25) is 0 Å². The summed E-state index contributed by atoms with van der Waals surface area (Å²) >= 11 is 0. The summed E-state index contributed by atoms with van der Waals surface area (Å²) in [5.41, 5.74) is 2.03. The second-order valence-electron chi connectivity index (χ2n) is 5.95. The molecule has 7 nitrogen and oxygen atoms in total. The van der Waals surface area contributed by atoms with Gasteiger partial charge in [0.15, 0.2) is 6.10 Å². The number of carbonyl (C=O) groups is 3. The summed E-state index contributed by atoms with van der Waals surface area (Å²) in [6, 6.07) is 15.9. The number of hydrogen-bond donors (Lipinski definition) is 3. The summed E-state index contributed by atoms with van der Waals surface area (Å²) in [5, 5.41) is 5.44. The van der Waals surface area contributed by atoms with Gasteiger partial charge in [0.05, 0.1) is 5.56 Å². The lowest BCUT2D eigenvalue weighted by Crippen LogP contribution is -2.44. The van der Waals surface area contributed by atoms with Gasteiger partial charge < -0.3 is 15.0 Å². The fourth-order valence-electron chi connectivity index (χ4n) is 2.55. The molecule has 3 aromatic rings. The van der Waals surface area contributed by atoms with Gasteiger partial charge in [-0.15, -0.1) is 0 Å². The van der Waals surface area contributed by atoms with Gasteiger partial charge in [-0.25, -0.2) is 9.59 Å². The molecule has 0 spiro atoms. The van der Waals surface area contributed by atoms with Crippen LogP contribution in [0.4, 0.5) is 4.79 Å². The van der Waals surface area contributed by atoms with E-state index < -0.39 is 24.0 Å². The van der Waals surface area contributed by atoms with E-state index >= 15 is 0 Å². The van der Waals surface area contributed by atoms with Crippen LogP contribution in [0, 0.1) is 0 Å². The van der Waals surface area contributed by atoms with Crippen LogP contribution >= 0.6 is 0 Å². The molecule has 0 saturated heterocycles. The fraction of sp³-hybridized carbons (Fsp3) is 0.150. The lowest BCUT2D eigenvalue weighted by atomic mass is 10.2. The largest absolute Gasteiger partial charge is 0.449 e. The third kappa shape index (κ3) is 4.52. The molecule has 0 saturated carbocycles. The number of rotatable bonds is 5. The van der Waals surface area contributed by atoms with E-state index in [1.165, 1.54) is 13.1 Å². The summed E-state index contributed by atoms with van der Waals surface area (Å²) < 4.78 is 5.18. The van der Waals surface area contributed by atoms with Gasteiger partial charge in [0, 0.05) is 23.6 Å². The lowest BCUT2D eigenvalue weighted by Gasteiger charge is -2.13. The Hall–Kier alpha value is -3.61. The molecule has 1 aromatic heterocycles. The quantitative estimate of drug-likeness (QED) is 0.605. The first-order valence-corrected chi connectivity index (χ1v) is 8.44. The van der Waals surface area contributed by atoms with E-state index in [0.29, 0.717) is 10.9 Å². The molecule has 27 heavy (non-hydrogen) atoms. The Morgan fingerprint density at radius 1 is 1.04 bits per heavy atom. The Bertz CT molecular complexity index is 966. The van der Waals surface area contributed by atoms with Crippen molar-refractivity contribution in [2.45, 2.75) is 19.6 Å². The fourth-order valence-corrected chi connectivity index (χ4v) is 2.55. The number of nitrogens with one attached hydrogen (secondary N) is 3. The summed E-state index contributed by atoms with van der Waals surface area (Å²) in [6.07, 6.45) is 0.415. The predicted octanol–water partition coefficient (Wildman–Crippen LogP) is 2.74. The van der Waals surface area contributed by atoms with Gasteiger partial charge in [-0.3, -0.25) is 10.1 Å². The topological polar surface area (TPSA) is 100 Å². The highest BCUT2D eigenvalue weighted by molar-refractivity contribution is 6.05.